The molecule has 0 spiro atoms. The molecule has 16 heavy (non-hydrogen) atoms. The molecule has 1 unspecified atom stereocenters. The number of carbonyl (C=O) groups is 2. The second-order valence-electron chi connectivity index (χ2n) is 4.29. The lowest BCUT2D eigenvalue weighted by Gasteiger charge is -2.42. The molecule has 0 aliphatic heterocycles. The standard InChI is InChI=1S/C11H19NO4/c1-3-16-8(2)10(15)12-11(5-4-6-11)7-9(13)14/h8H,3-7H2,1-2H3,(H,12,15)(H,13,14). The summed E-state index contributed by atoms with van der Waals surface area (Å²) in [7, 11) is 0. The normalized spacial score (nSPS) is 19.6. The van der Waals surface area contributed by atoms with Crippen LogP contribution in [0.3, 0.4) is 0 Å². The Morgan fingerprint density at radius 2 is 2.12 bits per heavy atom. The van der Waals surface area contributed by atoms with Crippen LogP contribution in [0.5, 0.6) is 0 Å². The first-order valence-electron chi connectivity index (χ1n) is 5.64. The molecule has 5 heteroatoms. The average molecular weight is 229 g/mol. The summed E-state index contributed by atoms with van der Waals surface area (Å²) in [5.74, 6) is -1.09. The van der Waals surface area contributed by atoms with Crippen molar-refractivity contribution in [3.8, 4) is 0 Å². The van der Waals surface area contributed by atoms with Gasteiger partial charge in [-0.1, -0.05) is 0 Å². The van der Waals surface area contributed by atoms with E-state index in [9.17, 15) is 9.59 Å². The number of carboxylic acids is 1. The van der Waals surface area contributed by atoms with Crippen LogP contribution in [0, 0.1) is 0 Å². The molecule has 0 aromatic heterocycles. The third-order valence-electron chi connectivity index (χ3n) is 2.97. The van der Waals surface area contributed by atoms with Crippen molar-refractivity contribution in [1.82, 2.24) is 5.32 Å². The van der Waals surface area contributed by atoms with Gasteiger partial charge in [-0.15, -0.1) is 0 Å². The van der Waals surface area contributed by atoms with Gasteiger partial charge in [-0.2, -0.15) is 0 Å². The Kier molecular flexibility index (Phi) is 4.29. The summed E-state index contributed by atoms with van der Waals surface area (Å²) in [6, 6.07) is 0. The first kappa shape index (κ1) is 13.0. The molecule has 1 atom stereocenters. The van der Waals surface area contributed by atoms with Crippen molar-refractivity contribution in [2.24, 2.45) is 0 Å². The quantitative estimate of drug-likeness (QED) is 0.710. The molecule has 0 aromatic rings. The highest BCUT2D eigenvalue weighted by molar-refractivity contribution is 5.82. The fourth-order valence-electron chi connectivity index (χ4n) is 1.93. The van der Waals surface area contributed by atoms with Gasteiger partial charge in [-0.05, 0) is 33.1 Å². The molecule has 0 radical (unpaired) electrons. The number of rotatable bonds is 6. The first-order valence-corrected chi connectivity index (χ1v) is 5.64. The smallest absolute Gasteiger partial charge is 0.305 e. The molecule has 0 aromatic carbocycles. The topological polar surface area (TPSA) is 75.6 Å². The summed E-state index contributed by atoms with van der Waals surface area (Å²) in [6.07, 6.45) is 1.93. The molecule has 1 saturated carbocycles. The Hall–Kier alpha value is -1.10. The van der Waals surface area contributed by atoms with Crippen LogP contribution in [0.15, 0.2) is 0 Å². The number of amides is 1. The van der Waals surface area contributed by atoms with Gasteiger partial charge in [0.2, 0.25) is 5.91 Å². The maximum Gasteiger partial charge on any atom is 0.305 e. The van der Waals surface area contributed by atoms with Gasteiger partial charge in [0.05, 0.1) is 12.0 Å². The van der Waals surface area contributed by atoms with E-state index in [0.717, 1.165) is 19.3 Å². The fraction of sp³-hybridized carbons (Fsp3) is 0.818. The number of nitrogens with one attached hydrogen (secondary N) is 1. The summed E-state index contributed by atoms with van der Waals surface area (Å²) < 4.78 is 5.16. The van der Waals surface area contributed by atoms with Gasteiger partial charge in [-0.3, -0.25) is 9.59 Å². The van der Waals surface area contributed by atoms with E-state index in [2.05, 4.69) is 5.32 Å². The van der Waals surface area contributed by atoms with Gasteiger partial charge < -0.3 is 15.2 Å². The van der Waals surface area contributed by atoms with E-state index in [-0.39, 0.29) is 12.3 Å². The summed E-state index contributed by atoms with van der Waals surface area (Å²) in [5.41, 5.74) is -0.533. The molecular formula is C11H19NO4. The molecule has 1 aliphatic rings. The van der Waals surface area contributed by atoms with E-state index in [4.69, 9.17) is 9.84 Å². The van der Waals surface area contributed by atoms with Crippen LogP contribution in [0.2, 0.25) is 0 Å². The minimum absolute atomic E-state index is 0.00240. The van der Waals surface area contributed by atoms with Gasteiger partial charge in [0.1, 0.15) is 6.10 Å². The van der Waals surface area contributed by atoms with Crippen LogP contribution < -0.4 is 5.32 Å². The Morgan fingerprint density at radius 1 is 1.50 bits per heavy atom. The molecule has 0 heterocycles. The summed E-state index contributed by atoms with van der Waals surface area (Å²) >= 11 is 0. The predicted octanol–water partition coefficient (Wildman–Crippen LogP) is 0.925. The highest BCUT2D eigenvalue weighted by Crippen LogP contribution is 2.35. The summed E-state index contributed by atoms with van der Waals surface area (Å²) in [4.78, 5) is 22.4. The van der Waals surface area contributed by atoms with Crippen LogP contribution in [0.1, 0.15) is 39.5 Å². The van der Waals surface area contributed by atoms with Gasteiger partial charge in [0.25, 0.3) is 0 Å². The van der Waals surface area contributed by atoms with Gasteiger partial charge in [0, 0.05) is 6.61 Å². The molecule has 5 nitrogen and oxygen atoms in total. The van der Waals surface area contributed by atoms with Crippen LogP contribution in [-0.4, -0.2) is 35.2 Å². The Bertz CT molecular complexity index is 273. The zero-order valence-corrected chi connectivity index (χ0v) is 9.78. The first-order chi connectivity index (χ1) is 7.49. The lowest BCUT2D eigenvalue weighted by molar-refractivity contribution is -0.142. The summed E-state index contributed by atoms with van der Waals surface area (Å²) in [6.45, 7) is 3.96. The van der Waals surface area contributed by atoms with Gasteiger partial charge in [0.15, 0.2) is 0 Å². The Labute approximate surface area is 95.2 Å². The second kappa shape index (κ2) is 5.30. The fourth-order valence-corrected chi connectivity index (χ4v) is 1.93. The highest BCUT2D eigenvalue weighted by atomic mass is 16.5. The maximum absolute atomic E-state index is 11.7. The van der Waals surface area contributed by atoms with Crippen molar-refractivity contribution in [3.63, 3.8) is 0 Å². The van der Waals surface area contributed by atoms with E-state index in [1.54, 1.807) is 6.92 Å². The number of hydrogen-bond donors (Lipinski definition) is 2. The SMILES string of the molecule is CCOC(C)C(=O)NC1(CC(=O)O)CCC1. The zero-order valence-electron chi connectivity index (χ0n) is 9.78. The van der Waals surface area contributed by atoms with E-state index >= 15 is 0 Å². The molecule has 0 bridgehead atoms. The minimum Gasteiger partial charge on any atom is -0.481 e. The molecule has 2 N–H and O–H groups in total. The van der Waals surface area contributed by atoms with Crippen molar-refractivity contribution in [2.45, 2.75) is 51.2 Å². The van der Waals surface area contributed by atoms with Crippen LogP contribution in [0.4, 0.5) is 0 Å². The van der Waals surface area contributed by atoms with Crippen LogP contribution in [0.25, 0.3) is 0 Å². The van der Waals surface area contributed by atoms with E-state index in [1.807, 2.05) is 6.92 Å². The molecule has 1 amide bonds. The van der Waals surface area contributed by atoms with Crippen molar-refractivity contribution in [2.75, 3.05) is 6.61 Å². The maximum atomic E-state index is 11.7. The molecule has 0 saturated heterocycles. The zero-order chi connectivity index (χ0) is 12.2. The van der Waals surface area contributed by atoms with Crippen molar-refractivity contribution >= 4 is 11.9 Å². The molecular weight excluding hydrogens is 210 g/mol. The lowest BCUT2D eigenvalue weighted by Crippen LogP contribution is -2.56. The third-order valence-corrected chi connectivity index (χ3v) is 2.97. The largest absolute Gasteiger partial charge is 0.481 e. The van der Waals surface area contributed by atoms with E-state index in [1.165, 1.54) is 0 Å². The molecule has 1 aliphatic carbocycles. The summed E-state index contributed by atoms with van der Waals surface area (Å²) in [5, 5.41) is 11.6. The third kappa shape index (κ3) is 3.20. The number of carbonyl (C=O) groups excluding carboxylic acids is 1. The average Bonchev–Trinajstić information content (AvgIpc) is 2.13. The highest BCUT2D eigenvalue weighted by Gasteiger charge is 2.41. The molecule has 1 fully saturated rings. The van der Waals surface area contributed by atoms with Crippen molar-refractivity contribution < 1.29 is 19.4 Å². The van der Waals surface area contributed by atoms with Gasteiger partial charge in [-0.25, -0.2) is 0 Å². The Morgan fingerprint density at radius 3 is 2.50 bits per heavy atom. The van der Waals surface area contributed by atoms with Crippen molar-refractivity contribution in [1.29, 1.82) is 0 Å². The number of aliphatic carboxylic acids is 1. The Balaban J connectivity index is 2.49. The van der Waals surface area contributed by atoms with Crippen LogP contribution in [-0.2, 0) is 14.3 Å². The van der Waals surface area contributed by atoms with Crippen LogP contribution >= 0.6 is 0 Å². The predicted molar refractivity (Wildman–Crippen MR) is 58.1 cm³/mol. The second-order valence-corrected chi connectivity index (χ2v) is 4.29. The monoisotopic (exact) mass is 229 g/mol. The number of hydrogen-bond acceptors (Lipinski definition) is 3. The minimum atomic E-state index is -0.871. The van der Waals surface area contributed by atoms with E-state index < -0.39 is 17.6 Å². The number of carboxylic acid groups (broad SMARTS) is 1. The van der Waals surface area contributed by atoms with Gasteiger partial charge >= 0.3 is 5.97 Å². The number of ether oxygens (including phenoxy) is 1. The van der Waals surface area contributed by atoms with Crippen molar-refractivity contribution in [3.05, 3.63) is 0 Å². The lowest BCUT2D eigenvalue weighted by atomic mass is 9.74. The molecule has 92 valence electrons. The molecule has 1 rings (SSSR count). The van der Waals surface area contributed by atoms with E-state index in [0.29, 0.717) is 6.61 Å².